The zero-order valence-electron chi connectivity index (χ0n) is 13.9. The molecule has 7 heteroatoms. The summed E-state index contributed by atoms with van der Waals surface area (Å²) in [6.45, 7) is 0. The standard InChI is InChI=1S/C20H13Cl2FN2OS/c21-12-8-14-17-10-16(11-3-5-13(23)6-4-11)24-25(17)20(18-2-1-7-27-18)26-19(14)15(22)9-12/h1-9,17,20H,10H2/t17-,20-/m1/s1. The molecule has 0 radical (unpaired) electrons. The first-order valence-corrected chi connectivity index (χ1v) is 10.0. The van der Waals surface area contributed by atoms with Crippen LogP contribution in [0.5, 0.6) is 5.75 Å². The van der Waals surface area contributed by atoms with Gasteiger partial charge in [0.05, 0.1) is 21.7 Å². The van der Waals surface area contributed by atoms with Crippen LogP contribution in [0.3, 0.4) is 0 Å². The molecule has 136 valence electrons. The van der Waals surface area contributed by atoms with Crippen molar-refractivity contribution in [2.24, 2.45) is 5.10 Å². The van der Waals surface area contributed by atoms with Gasteiger partial charge in [0, 0.05) is 17.0 Å². The summed E-state index contributed by atoms with van der Waals surface area (Å²) in [4.78, 5) is 1.04. The van der Waals surface area contributed by atoms with Crippen molar-refractivity contribution in [1.82, 2.24) is 5.01 Å². The van der Waals surface area contributed by atoms with E-state index < -0.39 is 0 Å². The van der Waals surface area contributed by atoms with Gasteiger partial charge in [-0.15, -0.1) is 11.3 Å². The molecule has 5 rings (SSSR count). The van der Waals surface area contributed by atoms with Crippen LogP contribution in [0.2, 0.25) is 10.0 Å². The first kappa shape index (κ1) is 17.0. The molecule has 0 saturated heterocycles. The number of fused-ring (bicyclic) bond motifs is 3. The van der Waals surface area contributed by atoms with Gasteiger partial charge in [0.15, 0.2) is 0 Å². The summed E-state index contributed by atoms with van der Waals surface area (Å²) in [5, 5.41) is 9.85. The van der Waals surface area contributed by atoms with E-state index in [4.69, 9.17) is 33.0 Å². The van der Waals surface area contributed by atoms with E-state index in [9.17, 15) is 4.39 Å². The minimum absolute atomic E-state index is 0.0443. The minimum Gasteiger partial charge on any atom is -0.462 e. The Morgan fingerprint density at radius 2 is 1.96 bits per heavy atom. The van der Waals surface area contributed by atoms with Crippen LogP contribution >= 0.6 is 34.5 Å². The first-order valence-electron chi connectivity index (χ1n) is 8.41. The summed E-state index contributed by atoms with van der Waals surface area (Å²) < 4.78 is 19.6. The lowest BCUT2D eigenvalue weighted by Gasteiger charge is -2.38. The van der Waals surface area contributed by atoms with Crippen LogP contribution in [0.15, 0.2) is 59.0 Å². The molecule has 1 aromatic heterocycles. The van der Waals surface area contributed by atoms with Crippen LogP contribution in [-0.2, 0) is 0 Å². The van der Waals surface area contributed by atoms with Gasteiger partial charge in [-0.2, -0.15) is 5.10 Å². The third kappa shape index (κ3) is 2.90. The van der Waals surface area contributed by atoms with Gasteiger partial charge in [0.2, 0.25) is 6.23 Å². The molecule has 2 aliphatic heterocycles. The maximum absolute atomic E-state index is 13.3. The van der Waals surface area contributed by atoms with E-state index in [1.807, 2.05) is 28.6 Å². The van der Waals surface area contributed by atoms with Crippen LogP contribution in [0.1, 0.15) is 34.7 Å². The third-order valence-electron chi connectivity index (χ3n) is 4.77. The molecule has 27 heavy (non-hydrogen) atoms. The number of hydrogen-bond acceptors (Lipinski definition) is 4. The van der Waals surface area contributed by atoms with E-state index >= 15 is 0 Å². The summed E-state index contributed by atoms with van der Waals surface area (Å²) in [6, 6.07) is 13.9. The van der Waals surface area contributed by atoms with Gasteiger partial charge in [0.1, 0.15) is 11.6 Å². The fourth-order valence-corrected chi connectivity index (χ4v) is 4.85. The summed E-state index contributed by atoms with van der Waals surface area (Å²) in [7, 11) is 0. The third-order valence-corrected chi connectivity index (χ3v) is 6.17. The maximum atomic E-state index is 13.3. The quantitative estimate of drug-likeness (QED) is 0.478. The highest BCUT2D eigenvalue weighted by Gasteiger charge is 2.42. The second kappa shape index (κ2) is 6.51. The highest BCUT2D eigenvalue weighted by Crippen LogP contribution is 2.51. The molecule has 0 fully saturated rings. The second-order valence-electron chi connectivity index (χ2n) is 6.45. The van der Waals surface area contributed by atoms with E-state index in [0.717, 1.165) is 21.7 Å². The van der Waals surface area contributed by atoms with Crippen LogP contribution in [0.25, 0.3) is 0 Å². The Morgan fingerprint density at radius 3 is 2.70 bits per heavy atom. The number of rotatable bonds is 2. The second-order valence-corrected chi connectivity index (χ2v) is 8.27. The molecule has 0 aliphatic carbocycles. The molecule has 2 aromatic carbocycles. The average molecular weight is 419 g/mol. The number of benzene rings is 2. The summed E-state index contributed by atoms with van der Waals surface area (Å²) in [5.74, 6) is 0.384. The Hall–Kier alpha value is -2.08. The Kier molecular flexibility index (Phi) is 4.11. The monoisotopic (exact) mass is 418 g/mol. The normalized spacial score (nSPS) is 20.7. The van der Waals surface area contributed by atoms with Gasteiger partial charge in [0.25, 0.3) is 0 Å². The fourth-order valence-electron chi connectivity index (χ4n) is 3.55. The van der Waals surface area contributed by atoms with Gasteiger partial charge in [-0.05, 0) is 41.3 Å². The minimum atomic E-state index is -0.362. The zero-order chi connectivity index (χ0) is 18.5. The topological polar surface area (TPSA) is 24.8 Å². The highest BCUT2D eigenvalue weighted by atomic mass is 35.5. The Morgan fingerprint density at radius 1 is 1.15 bits per heavy atom. The summed E-state index contributed by atoms with van der Waals surface area (Å²) in [6.07, 6.45) is 0.305. The molecule has 0 amide bonds. The zero-order valence-corrected chi connectivity index (χ0v) is 16.2. The molecule has 0 bridgehead atoms. The molecule has 0 N–H and O–H groups in total. The van der Waals surface area contributed by atoms with Crippen LogP contribution in [-0.4, -0.2) is 10.7 Å². The predicted molar refractivity (Wildman–Crippen MR) is 106 cm³/mol. The van der Waals surface area contributed by atoms with Crippen LogP contribution in [0.4, 0.5) is 4.39 Å². The van der Waals surface area contributed by atoms with Crippen molar-refractivity contribution < 1.29 is 9.13 Å². The van der Waals surface area contributed by atoms with Crippen molar-refractivity contribution >= 4 is 40.3 Å². The maximum Gasteiger partial charge on any atom is 0.223 e. The van der Waals surface area contributed by atoms with Crippen LogP contribution in [0, 0.1) is 5.82 Å². The lowest BCUT2D eigenvalue weighted by molar-refractivity contribution is -0.0165. The van der Waals surface area contributed by atoms with E-state index in [1.165, 1.54) is 12.1 Å². The van der Waals surface area contributed by atoms with Gasteiger partial charge >= 0.3 is 0 Å². The largest absolute Gasteiger partial charge is 0.462 e. The van der Waals surface area contributed by atoms with E-state index in [-0.39, 0.29) is 18.1 Å². The average Bonchev–Trinajstić information content (AvgIpc) is 3.32. The van der Waals surface area contributed by atoms with E-state index in [2.05, 4.69) is 0 Å². The molecule has 0 saturated carbocycles. The molecular weight excluding hydrogens is 406 g/mol. The SMILES string of the molecule is Fc1ccc(C2=NN3[C@H](C2)c2cc(Cl)cc(Cl)c2O[C@@H]3c2cccs2)cc1. The Labute approximate surface area is 169 Å². The Balaban J connectivity index is 1.62. The molecule has 3 aromatic rings. The van der Waals surface area contributed by atoms with Crippen molar-refractivity contribution in [3.8, 4) is 5.75 Å². The molecule has 2 aliphatic rings. The number of thiophene rings is 1. The number of halogens is 3. The fraction of sp³-hybridized carbons (Fsp3) is 0.150. The molecule has 3 heterocycles. The number of ether oxygens (including phenoxy) is 1. The van der Waals surface area contributed by atoms with Crippen molar-refractivity contribution in [3.63, 3.8) is 0 Å². The van der Waals surface area contributed by atoms with Gasteiger partial charge in [-0.3, -0.25) is 0 Å². The van der Waals surface area contributed by atoms with Gasteiger partial charge in [-0.1, -0.05) is 41.4 Å². The van der Waals surface area contributed by atoms with Crippen molar-refractivity contribution in [2.45, 2.75) is 18.7 Å². The van der Waals surface area contributed by atoms with Crippen molar-refractivity contribution in [1.29, 1.82) is 0 Å². The molecule has 2 atom stereocenters. The summed E-state index contributed by atoms with van der Waals surface area (Å²) in [5.41, 5.74) is 2.70. The van der Waals surface area contributed by atoms with Crippen molar-refractivity contribution in [2.75, 3.05) is 0 Å². The smallest absolute Gasteiger partial charge is 0.223 e. The summed E-state index contributed by atoms with van der Waals surface area (Å²) >= 11 is 14.3. The lowest BCUT2D eigenvalue weighted by atomic mass is 9.96. The predicted octanol–water partition coefficient (Wildman–Crippen LogP) is 6.44. The number of nitrogens with zero attached hydrogens (tertiary/aromatic N) is 2. The first-order chi connectivity index (χ1) is 13.1. The number of hydrogen-bond donors (Lipinski definition) is 0. The van der Waals surface area contributed by atoms with Crippen LogP contribution < -0.4 is 4.74 Å². The molecule has 3 nitrogen and oxygen atoms in total. The van der Waals surface area contributed by atoms with Gasteiger partial charge < -0.3 is 4.74 Å². The molecule has 0 unspecified atom stereocenters. The lowest BCUT2D eigenvalue weighted by Crippen LogP contribution is -2.33. The van der Waals surface area contributed by atoms with Crippen molar-refractivity contribution in [3.05, 3.63) is 85.8 Å². The molecular formula is C20H13Cl2FN2OS. The van der Waals surface area contributed by atoms with E-state index in [0.29, 0.717) is 22.2 Å². The number of hydrazone groups is 1. The van der Waals surface area contributed by atoms with E-state index in [1.54, 1.807) is 29.5 Å². The molecule has 0 spiro atoms. The van der Waals surface area contributed by atoms with Gasteiger partial charge in [-0.25, -0.2) is 9.40 Å². The highest BCUT2D eigenvalue weighted by molar-refractivity contribution is 7.10. The Bertz CT molecular complexity index is 1040.